The Labute approximate surface area is 202 Å². The number of carbonyl (C=O) groups excluding carboxylic acids is 1. The first-order valence-electron chi connectivity index (χ1n) is 11.1. The summed E-state index contributed by atoms with van der Waals surface area (Å²) >= 11 is 3.62. The number of nitrogens with zero attached hydrogens (tertiary/aromatic N) is 1. The Balaban J connectivity index is 1.77. The minimum atomic E-state index is -0.319. The summed E-state index contributed by atoms with van der Waals surface area (Å²) in [5, 5.41) is 0. The Hall–Kier alpha value is -3.31. The number of hydrogen-bond acceptors (Lipinski definition) is 3. The number of hydrogen-bond donors (Lipinski definition) is 0. The molecule has 4 rings (SSSR count). The van der Waals surface area contributed by atoms with Crippen LogP contribution in [0, 0.1) is 0 Å². The molecule has 0 saturated heterocycles. The van der Waals surface area contributed by atoms with Gasteiger partial charge in [0.1, 0.15) is 12.4 Å². The fourth-order valence-corrected chi connectivity index (χ4v) is 4.18. The van der Waals surface area contributed by atoms with Gasteiger partial charge in [-0.25, -0.2) is 4.79 Å². The van der Waals surface area contributed by atoms with E-state index < -0.39 is 0 Å². The second-order valence-electron chi connectivity index (χ2n) is 7.58. The smallest absolute Gasteiger partial charge is 0.338 e. The molecule has 0 fully saturated rings. The van der Waals surface area contributed by atoms with E-state index in [1.165, 1.54) is 0 Å². The van der Waals surface area contributed by atoms with Crippen molar-refractivity contribution < 1.29 is 14.3 Å². The van der Waals surface area contributed by atoms with E-state index in [-0.39, 0.29) is 5.97 Å². The summed E-state index contributed by atoms with van der Waals surface area (Å²) < 4.78 is 14.6. The highest BCUT2D eigenvalue weighted by Crippen LogP contribution is 2.36. The van der Waals surface area contributed by atoms with Crippen LogP contribution in [0.5, 0.6) is 5.75 Å². The Morgan fingerprint density at radius 1 is 0.909 bits per heavy atom. The van der Waals surface area contributed by atoms with Gasteiger partial charge < -0.3 is 14.0 Å². The van der Waals surface area contributed by atoms with Crippen LogP contribution >= 0.6 is 15.9 Å². The highest BCUT2D eigenvalue weighted by atomic mass is 79.9. The van der Waals surface area contributed by atoms with E-state index in [4.69, 9.17) is 9.47 Å². The van der Waals surface area contributed by atoms with Gasteiger partial charge in [-0.15, -0.1) is 0 Å². The van der Waals surface area contributed by atoms with Crippen molar-refractivity contribution in [1.82, 2.24) is 4.57 Å². The summed E-state index contributed by atoms with van der Waals surface area (Å²) in [6.45, 7) is 4.76. The number of halogens is 1. The lowest BCUT2D eigenvalue weighted by Crippen LogP contribution is -2.07. The third-order valence-electron chi connectivity index (χ3n) is 5.39. The predicted molar refractivity (Wildman–Crippen MR) is 135 cm³/mol. The fourth-order valence-electron chi connectivity index (χ4n) is 3.82. The van der Waals surface area contributed by atoms with Crippen LogP contribution in [0.1, 0.15) is 35.5 Å². The van der Waals surface area contributed by atoms with E-state index in [1.54, 1.807) is 6.07 Å². The highest BCUT2D eigenvalue weighted by Gasteiger charge is 2.17. The van der Waals surface area contributed by atoms with Crippen molar-refractivity contribution >= 4 is 21.9 Å². The Morgan fingerprint density at radius 2 is 1.73 bits per heavy atom. The number of carbonyl (C=O) groups is 1. The van der Waals surface area contributed by atoms with Gasteiger partial charge in [0.05, 0.1) is 17.9 Å². The van der Waals surface area contributed by atoms with Gasteiger partial charge in [-0.1, -0.05) is 59.3 Å². The second kappa shape index (κ2) is 10.5. The van der Waals surface area contributed by atoms with Crippen LogP contribution < -0.4 is 4.74 Å². The molecule has 0 spiro atoms. The lowest BCUT2D eigenvalue weighted by Gasteiger charge is -2.17. The maximum absolute atomic E-state index is 12.3. The first kappa shape index (κ1) is 22.9. The predicted octanol–water partition coefficient (Wildman–Crippen LogP) is 7.22. The zero-order chi connectivity index (χ0) is 23.2. The lowest BCUT2D eigenvalue weighted by atomic mass is 10.1. The van der Waals surface area contributed by atoms with E-state index in [1.807, 2.05) is 55.5 Å². The molecule has 0 radical (unpaired) electrons. The number of rotatable bonds is 8. The molecule has 0 amide bonds. The van der Waals surface area contributed by atoms with Gasteiger partial charge >= 0.3 is 5.97 Å². The summed E-state index contributed by atoms with van der Waals surface area (Å²) in [6.07, 6.45) is 0.845. The van der Waals surface area contributed by atoms with Crippen molar-refractivity contribution in [1.29, 1.82) is 0 Å². The normalized spacial score (nSPS) is 10.8. The number of esters is 1. The quantitative estimate of drug-likeness (QED) is 0.238. The van der Waals surface area contributed by atoms with Crippen LogP contribution in [-0.2, 0) is 17.8 Å². The Morgan fingerprint density at radius 3 is 2.48 bits per heavy atom. The summed E-state index contributed by atoms with van der Waals surface area (Å²) in [7, 11) is 0. The molecule has 1 heterocycles. The zero-order valence-corrected chi connectivity index (χ0v) is 20.3. The first-order valence-corrected chi connectivity index (χ1v) is 11.8. The van der Waals surface area contributed by atoms with Crippen LogP contribution in [0.2, 0.25) is 0 Å². The molecule has 0 bridgehead atoms. The third-order valence-corrected chi connectivity index (χ3v) is 5.89. The maximum Gasteiger partial charge on any atom is 0.338 e. The van der Waals surface area contributed by atoms with Crippen LogP contribution in [0.25, 0.3) is 16.9 Å². The van der Waals surface area contributed by atoms with Gasteiger partial charge in [-0.2, -0.15) is 0 Å². The third kappa shape index (κ3) is 5.20. The molecule has 0 aliphatic heterocycles. The summed E-state index contributed by atoms with van der Waals surface area (Å²) in [6, 6.07) is 27.9. The standard InChI is InChI=1S/C28H26BrNO3/c1-3-23-14-15-26(30(23)24-12-8-11-21(17-24)28(31)32-4-2)25-18-22(29)13-16-27(25)33-19-20-9-6-5-7-10-20/h5-18H,3-4,19H2,1-2H3. The molecule has 3 aromatic carbocycles. The van der Waals surface area contributed by atoms with E-state index in [2.05, 4.69) is 57.8 Å². The Bertz CT molecular complexity index is 1250. The summed E-state index contributed by atoms with van der Waals surface area (Å²) in [5.74, 6) is 0.478. The van der Waals surface area contributed by atoms with Crippen molar-refractivity contribution in [3.63, 3.8) is 0 Å². The fraction of sp³-hybridized carbons (Fsp3) is 0.179. The highest BCUT2D eigenvalue weighted by molar-refractivity contribution is 9.10. The summed E-state index contributed by atoms with van der Waals surface area (Å²) in [4.78, 5) is 12.3. The molecule has 0 N–H and O–H groups in total. The first-order chi connectivity index (χ1) is 16.1. The molecule has 0 aliphatic carbocycles. The molecule has 5 heteroatoms. The largest absolute Gasteiger partial charge is 0.488 e. The summed E-state index contributed by atoms with van der Waals surface area (Å²) in [5.41, 5.74) is 5.66. The topological polar surface area (TPSA) is 40.5 Å². The van der Waals surface area contributed by atoms with Crippen molar-refractivity contribution in [3.8, 4) is 22.7 Å². The van der Waals surface area contributed by atoms with E-state index >= 15 is 0 Å². The van der Waals surface area contributed by atoms with Gasteiger partial charge in [-0.3, -0.25) is 0 Å². The number of ether oxygens (including phenoxy) is 2. The minimum Gasteiger partial charge on any atom is -0.488 e. The van der Waals surface area contributed by atoms with Gasteiger partial charge in [-0.05, 0) is 67.4 Å². The molecule has 168 valence electrons. The van der Waals surface area contributed by atoms with Crippen molar-refractivity contribution in [2.24, 2.45) is 0 Å². The molecule has 0 atom stereocenters. The van der Waals surface area contributed by atoms with Crippen LogP contribution in [0.3, 0.4) is 0 Å². The Kier molecular flexibility index (Phi) is 7.30. The van der Waals surface area contributed by atoms with E-state index in [9.17, 15) is 4.79 Å². The van der Waals surface area contributed by atoms with Crippen molar-refractivity contribution in [2.45, 2.75) is 26.9 Å². The van der Waals surface area contributed by atoms with Crippen LogP contribution in [0.15, 0.2) is 89.4 Å². The van der Waals surface area contributed by atoms with Crippen molar-refractivity contribution in [2.75, 3.05) is 6.61 Å². The molecule has 1 aromatic heterocycles. The average Bonchev–Trinajstić information content (AvgIpc) is 3.28. The average molecular weight is 504 g/mol. The molecule has 0 saturated carbocycles. The number of benzene rings is 3. The molecule has 4 aromatic rings. The van der Waals surface area contributed by atoms with Gasteiger partial charge in [0.25, 0.3) is 0 Å². The SMILES string of the molecule is CCOC(=O)c1cccc(-n2c(CC)ccc2-c2cc(Br)ccc2OCc2ccccc2)c1. The molecular weight excluding hydrogens is 478 g/mol. The lowest BCUT2D eigenvalue weighted by molar-refractivity contribution is 0.0526. The van der Waals surface area contributed by atoms with Gasteiger partial charge in [0.2, 0.25) is 0 Å². The molecule has 0 aliphatic rings. The van der Waals surface area contributed by atoms with Gasteiger partial charge in [0.15, 0.2) is 0 Å². The molecule has 4 nitrogen and oxygen atoms in total. The second-order valence-corrected chi connectivity index (χ2v) is 8.50. The molecule has 0 unspecified atom stereocenters. The zero-order valence-electron chi connectivity index (χ0n) is 18.8. The minimum absolute atomic E-state index is 0.319. The molecular formula is C28H26BrNO3. The monoisotopic (exact) mass is 503 g/mol. The van der Waals surface area contributed by atoms with E-state index in [0.29, 0.717) is 18.8 Å². The van der Waals surface area contributed by atoms with E-state index in [0.717, 1.165) is 44.8 Å². The van der Waals surface area contributed by atoms with Crippen LogP contribution in [0.4, 0.5) is 0 Å². The maximum atomic E-state index is 12.3. The number of aromatic nitrogens is 1. The van der Waals surface area contributed by atoms with Crippen molar-refractivity contribution in [3.05, 3.63) is 106 Å². The van der Waals surface area contributed by atoms with Crippen LogP contribution in [-0.4, -0.2) is 17.1 Å². The number of aryl methyl sites for hydroxylation is 1. The molecule has 33 heavy (non-hydrogen) atoms. The van der Waals surface area contributed by atoms with Gasteiger partial charge in [0, 0.05) is 21.4 Å².